The van der Waals surface area contributed by atoms with Crippen LogP contribution in [0.15, 0.2) is 24.3 Å². The number of nitrogens with one attached hydrogen (secondary N) is 1. The molecule has 0 unspecified atom stereocenters. The number of carbonyl (C=O) groups is 1. The van der Waals surface area contributed by atoms with E-state index in [1.165, 1.54) is 0 Å². The van der Waals surface area contributed by atoms with Gasteiger partial charge in [0.2, 0.25) is 0 Å². The van der Waals surface area contributed by atoms with Crippen LogP contribution in [0.5, 0.6) is 0 Å². The van der Waals surface area contributed by atoms with Gasteiger partial charge in [-0.05, 0) is 18.6 Å². The van der Waals surface area contributed by atoms with E-state index < -0.39 is 5.97 Å². The predicted molar refractivity (Wildman–Crippen MR) is 54.6 cm³/mol. The van der Waals surface area contributed by atoms with Gasteiger partial charge in [0.25, 0.3) is 0 Å². The van der Waals surface area contributed by atoms with Crippen LogP contribution < -0.4 is 5.32 Å². The van der Waals surface area contributed by atoms with Crippen molar-refractivity contribution < 1.29 is 9.90 Å². The Hall–Kier alpha value is -1.22. The van der Waals surface area contributed by atoms with Gasteiger partial charge in [-0.15, -0.1) is 12.4 Å². The van der Waals surface area contributed by atoms with Crippen LogP contribution in [0.25, 0.3) is 0 Å². The van der Waals surface area contributed by atoms with Gasteiger partial charge in [-0.1, -0.05) is 18.2 Å². The molecular weight excluding hydrogens is 190 g/mol. The molecule has 0 amide bonds. The molecule has 4 heteroatoms. The number of anilines is 1. The average molecular weight is 202 g/mol. The lowest BCUT2D eigenvalue weighted by Gasteiger charge is -2.05. The summed E-state index contributed by atoms with van der Waals surface area (Å²) in [4.78, 5) is 10.2. The zero-order valence-electron chi connectivity index (χ0n) is 7.28. The molecule has 0 atom stereocenters. The molecule has 2 N–H and O–H groups in total. The van der Waals surface area contributed by atoms with Crippen LogP contribution in [0.1, 0.15) is 5.56 Å². The normalized spacial score (nSPS) is 8.69. The van der Waals surface area contributed by atoms with E-state index in [1.54, 1.807) is 0 Å². The minimum absolute atomic E-state index is 0. The molecule has 13 heavy (non-hydrogen) atoms. The molecule has 0 aliphatic heterocycles. The molecular formula is C9H12ClNO2. The van der Waals surface area contributed by atoms with Crippen molar-refractivity contribution in [2.45, 2.75) is 6.92 Å². The third kappa shape index (κ3) is 3.80. The van der Waals surface area contributed by atoms with Crippen LogP contribution in [0.4, 0.5) is 5.69 Å². The molecule has 1 aromatic rings. The number of hydrogen-bond acceptors (Lipinski definition) is 2. The first kappa shape index (κ1) is 11.8. The molecule has 0 aliphatic rings. The number of benzene rings is 1. The fourth-order valence-electron chi connectivity index (χ4n) is 0.942. The van der Waals surface area contributed by atoms with Crippen molar-refractivity contribution in [2.24, 2.45) is 0 Å². The summed E-state index contributed by atoms with van der Waals surface area (Å²) in [5, 5.41) is 11.2. The van der Waals surface area contributed by atoms with Gasteiger partial charge in [-0.2, -0.15) is 0 Å². The van der Waals surface area contributed by atoms with Gasteiger partial charge in [0, 0.05) is 5.69 Å². The molecule has 3 nitrogen and oxygen atoms in total. The Morgan fingerprint density at radius 3 is 2.62 bits per heavy atom. The molecule has 1 rings (SSSR count). The maximum Gasteiger partial charge on any atom is 0.322 e. The molecule has 72 valence electrons. The van der Waals surface area contributed by atoms with Gasteiger partial charge in [0.1, 0.15) is 6.54 Å². The third-order valence-electron chi connectivity index (χ3n) is 1.58. The minimum Gasteiger partial charge on any atom is -0.480 e. The van der Waals surface area contributed by atoms with Crippen molar-refractivity contribution in [3.63, 3.8) is 0 Å². The first-order valence-electron chi connectivity index (χ1n) is 3.71. The van der Waals surface area contributed by atoms with Crippen molar-refractivity contribution >= 4 is 24.1 Å². The van der Waals surface area contributed by atoms with Gasteiger partial charge >= 0.3 is 5.97 Å². The SMILES string of the molecule is Cc1ccccc1NCC(=O)O.Cl. The van der Waals surface area contributed by atoms with Crippen LogP contribution in [0.2, 0.25) is 0 Å². The summed E-state index contributed by atoms with van der Waals surface area (Å²) in [6.07, 6.45) is 0. The van der Waals surface area contributed by atoms with E-state index in [0.29, 0.717) is 0 Å². The highest BCUT2D eigenvalue weighted by molar-refractivity contribution is 5.85. The van der Waals surface area contributed by atoms with Gasteiger partial charge in [-0.25, -0.2) is 0 Å². The van der Waals surface area contributed by atoms with E-state index in [2.05, 4.69) is 5.32 Å². The number of halogens is 1. The number of aryl methyl sites for hydroxylation is 1. The van der Waals surface area contributed by atoms with E-state index in [0.717, 1.165) is 11.3 Å². The fraction of sp³-hybridized carbons (Fsp3) is 0.222. The first-order valence-corrected chi connectivity index (χ1v) is 3.71. The fourth-order valence-corrected chi connectivity index (χ4v) is 0.942. The van der Waals surface area contributed by atoms with E-state index in [9.17, 15) is 4.79 Å². The van der Waals surface area contributed by atoms with Crippen LogP contribution in [0.3, 0.4) is 0 Å². The summed E-state index contributed by atoms with van der Waals surface area (Å²) in [5.74, 6) is -0.849. The monoisotopic (exact) mass is 201 g/mol. The van der Waals surface area contributed by atoms with E-state index in [4.69, 9.17) is 5.11 Å². The molecule has 0 saturated heterocycles. The Balaban J connectivity index is 0.00000144. The molecule has 0 saturated carbocycles. The highest BCUT2D eigenvalue weighted by Crippen LogP contribution is 2.11. The molecule has 0 radical (unpaired) electrons. The van der Waals surface area contributed by atoms with E-state index in [1.807, 2.05) is 31.2 Å². The predicted octanol–water partition coefficient (Wildman–Crippen LogP) is 1.91. The molecule has 0 aliphatic carbocycles. The Bertz CT molecular complexity index is 289. The average Bonchev–Trinajstić information content (AvgIpc) is 2.03. The van der Waals surface area contributed by atoms with Crippen molar-refractivity contribution in [2.75, 3.05) is 11.9 Å². The lowest BCUT2D eigenvalue weighted by Crippen LogP contribution is -2.12. The maximum atomic E-state index is 10.2. The molecule has 1 aromatic carbocycles. The molecule has 0 fully saturated rings. The maximum absolute atomic E-state index is 10.2. The highest BCUT2D eigenvalue weighted by Gasteiger charge is 1.98. The van der Waals surface area contributed by atoms with E-state index in [-0.39, 0.29) is 19.0 Å². The summed E-state index contributed by atoms with van der Waals surface area (Å²) in [6, 6.07) is 7.58. The van der Waals surface area contributed by atoms with Crippen LogP contribution >= 0.6 is 12.4 Å². The summed E-state index contributed by atoms with van der Waals surface area (Å²) < 4.78 is 0. The largest absolute Gasteiger partial charge is 0.480 e. The zero-order chi connectivity index (χ0) is 8.97. The van der Waals surface area contributed by atoms with Crippen LogP contribution in [-0.4, -0.2) is 17.6 Å². The molecule has 0 aromatic heterocycles. The number of carboxylic acids is 1. The summed E-state index contributed by atoms with van der Waals surface area (Å²) in [5.41, 5.74) is 1.93. The highest BCUT2D eigenvalue weighted by atomic mass is 35.5. The van der Waals surface area contributed by atoms with Gasteiger partial charge < -0.3 is 10.4 Å². The van der Waals surface area contributed by atoms with Gasteiger partial charge in [-0.3, -0.25) is 4.79 Å². The van der Waals surface area contributed by atoms with Crippen molar-refractivity contribution in [3.8, 4) is 0 Å². The summed E-state index contributed by atoms with van der Waals surface area (Å²) >= 11 is 0. The standard InChI is InChI=1S/C9H11NO2.ClH/c1-7-4-2-3-5-8(7)10-6-9(11)12;/h2-5,10H,6H2,1H3,(H,11,12);1H. The van der Waals surface area contributed by atoms with Crippen LogP contribution in [-0.2, 0) is 4.79 Å². The Kier molecular flexibility index (Phi) is 4.92. The van der Waals surface area contributed by atoms with Gasteiger partial charge in [0.15, 0.2) is 0 Å². The number of rotatable bonds is 3. The van der Waals surface area contributed by atoms with Crippen molar-refractivity contribution in [3.05, 3.63) is 29.8 Å². The Morgan fingerprint density at radius 2 is 2.08 bits per heavy atom. The quantitative estimate of drug-likeness (QED) is 0.786. The third-order valence-corrected chi connectivity index (χ3v) is 1.58. The van der Waals surface area contributed by atoms with Gasteiger partial charge in [0.05, 0.1) is 0 Å². The molecule has 0 spiro atoms. The lowest BCUT2D eigenvalue weighted by atomic mass is 10.2. The Morgan fingerprint density at radius 1 is 1.46 bits per heavy atom. The second-order valence-corrected chi connectivity index (χ2v) is 2.56. The van der Waals surface area contributed by atoms with Crippen molar-refractivity contribution in [1.82, 2.24) is 0 Å². The molecule has 0 bridgehead atoms. The lowest BCUT2D eigenvalue weighted by molar-refractivity contribution is -0.134. The second-order valence-electron chi connectivity index (χ2n) is 2.56. The van der Waals surface area contributed by atoms with Crippen molar-refractivity contribution in [1.29, 1.82) is 0 Å². The van der Waals surface area contributed by atoms with Crippen LogP contribution in [0, 0.1) is 6.92 Å². The molecule has 0 heterocycles. The summed E-state index contributed by atoms with van der Waals surface area (Å²) in [7, 11) is 0. The summed E-state index contributed by atoms with van der Waals surface area (Å²) in [6.45, 7) is 1.90. The zero-order valence-corrected chi connectivity index (χ0v) is 8.10. The number of aliphatic carboxylic acids is 1. The number of hydrogen-bond donors (Lipinski definition) is 2. The topological polar surface area (TPSA) is 49.3 Å². The van der Waals surface area contributed by atoms with E-state index >= 15 is 0 Å². The minimum atomic E-state index is -0.849. The first-order chi connectivity index (χ1) is 5.70. The second kappa shape index (κ2) is 5.43. The Labute approximate surface area is 83.2 Å². The number of carboxylic acid groups (broad SMARTS) is 1. The number of para-hydroxylation sites is 1. The smallest absolute Gasteiger partial charge is 0.322 e.